The van der Waals surface area contributed by atoms with E-state index in [2.05, 4.69) is 10.1 Å². The molecule has 0 saturated carbocycles. The van der Waals surface area contributed by atoms with Crippen LogP contribution in [0.5, 0.6) is 0 Å². The van der Waals surface area contributed by atoms with Crippen molar-refractivity contribution in [3.8, 4) is 0 Å². The van der Waals surface area contributed by atoms with Crippen LogP contribution in [0.1, 0.15) is 26.7 Å². The average molecular weight is 229 g/mol. The first-order chi connectivity index (χ1) is 7.56. The van der Waals surface area contributed by atoms with Gasteiger partial charge < -0.3 is 19.6 Å². The highest BCUT2D eigenvalue weighted by atomic mass is 16.5. The summed E-state index contributed by atoms with van der Waals surface area (Å²) in [5.41, 5.74) is 0. The average Bonchev–Trinajstić information content (AvgIpc) is 2.24. The summed E-state index contributed by atoms with van der Waals surface area (Å²) >= 11 is 0. The number of ether oxygens (including phenoxy) is 2. The summed E-state index contributed by atoms with van der Waals surface area (Å²) in [5.74, 6) is 0.121. The molecule has 1 saturated heterocycles. The minimum Gasteiger partial charge on any atom is -0.453 e. The van der Waals surface area contributed by atoms with Gasteiger partial charge in [-0.25, -0.2) is 4.79 Å². The van der Waals surface area contributed by atoms with Crippen LogP contribution in [0, 0.1) is 5.92 Å². The Balaban J connectivity index is 2.57. The molecule has 1 aliphatic rings. The molecule has 0 bridgehead atoms. The lowest BCUT2D eigenvalue weighted by Crippen LogP contribution is -2.46. The maximum absolute atomic E-state index is 11.1. The maximum atomic E-state index is 11.1. The Morgan fingerprint density at radius 1 is 1.44 bits per heavy atom. The second-order valence-corrected chi connectivity index (χ2v) is 4.29. The third kappa shape index (κ3) is 3.48. The van der Waals surface area contributed by atoms with Crippen LogP contribution in [-0.4, -0.2) is 37.7 Å². The molecule has 0 aromatic carbocycles. The van der Waals surface area contributed by atoms with Crippen LogP contribution in [0.25, 0.3) is 0 Å². The van der Waals surface area contributed by atoms with Crippen LogP contribution in [0.2, 0.25) is 0 Å². The second kappa shape index (κ2) is 5.84. The number of rotatable bonds is 3. The fraction of sp³-hybridized carbons (Fsp3) is 0.818. The van der Waals surface area contributed by atoms with Crippen LogP contribution in [0.4, 0.5) is 4.79 Å². The summed E-state index contributed by atoms with van der Waals surface area (Å²) in [7, 11) is 1.28. The van der Waals surface area contributed by atoms with Crippen LogP contribution in [0.15, 0.2) is 0 Å². The molecule has 0 aromatic rings. The lowest BCUT2D eigenvalue weighted by atomic mass is 9.87. The van der Waals surface area contributed by atoms with E-state index in [0.717, 1.165) is 19.1 Å². The highest BCUT2D eigenvalue weighted by Gasteiger charge is 2.31. The summed E-state index contributed by atoms with van der Waals surface area (Å²) < 4.78 is 10.1. The Hall–Kier alpha value is -1.10. The van der Waals surface area contributed by atoms with E-state index in [0.29, 0.717) is 0 Å². The SMILES string of the molecule is COC(=O)NC(C=O)C1CC(C)OC(C)C1. The third-order valence-electron chi connectivity index (χ3n) is 2.86. The first kappa shape index (κ1) is 13.0. The zero-order chi connectivity index (χ0) is 12.1. The number of hydrogen-bond acceptors (Lipinski definition) is 4. The number of methoxy groups -OCH3 is 1. The van der Waals surface area contributed by atoms with Gasteiger partial charge >= 0.3 is 6.09 Å². The molecule has 1 heterocycles. The van der Waals surface area contributed by atoms with E-state index in [1.807, 2.05) is 13.8 Å². The molecular weight excluding hydrogens is 210 g/mol. The number of alkyl carbamates (subject to hydrolysis) is 1. The molecule has 1 rings (SSSR count). The van der Waals surface area contributed by atoms with E-state index >= 15 is 0 Å². The maximum Gasteiger partial charge on any atom is 0.407 e. The van der Waals surface area contributed by atoms with Crippen LogP contribution in [0.3, 0.4) is 0 Å². The summed E-state index contributed by atoms with van der Waals surface area (Å²) in [6.45, 7) is 3.95. The van der Waals surface area contributed by atoms with Crippen molar-refractivity contribution in [1.82, 2.24) is 5.32 Å². The number of aldehydes is 1. The summed E-state index contributed by atoms with van der Waals surface area (Å²) in [6.07, 6.45) is 2.00. The number of carbonyl (C=O) groups is 2. The highest BCUT2D eigenvalue weighted by molar-refractivity contribution is 5.73. The monoisotopic (exact) mass is 229 g/mol. The van der Waals surface area contributed by atoms with E-state index in [4.69, 9.17) is 4.74 Å². The van der Waals surface area contributed by atoms with Crippen molar-refractivity contribution in [3.05, 3.63) is 0 Å². The number of amides is 1. The van der Waals surface area contributed by atoms with E-state index < -0.39 is 12.1 Å². The Labute approximate surface area is 95.5 Å². The summed E-state index contributed by atoms with van der Waals surface area (Å²) in [5, 5.41) is 2.54. The molecule has 0 aliphatic carbocycles. The lowest BCUT2D eigenvalue weighted by molar-refractivity contribution is -0.113. The Kier molecular flexibility index (Phi) is 4.73. The molecule has 1 fully saturated rings. The van der Waals surface area contributed by atoms with Gasteiger partial charge in [-0.1, -0.05) is 0 Å². The fourth-order valence-electron chi connectivity index (χ4n) is 2.21. The Bertz CT molecular complexity index is 246. The van der Waals surface area contributed by atoms with Crippen LogP contribution < -0.4 is 5.32 Å². The molecule has 0 aromatic heterocycles. The van der Waals surface area contributed by atoms with Gasteiger partial charge in [-0.2, -0.15) is 0 Å². The zero-order valence-corrected chi connectivity index (χ0v) is 9.93. The predicted octanol–water partition coefficient (Wildman–Crippen LogP) is 1.11. The van der Waals surface area contributed by atoms with Crippen molar-refractivity contribution in [1.29, 1.82) is 0 Å². The molecule has 0 spiro atoms. The summed E-state index contributed by atoms with van der Waals surface area (Å²) in [6, 6.07) is -0.485. The number of hydrogen-bond donors (Lipinski definition) is 1. The van der Waals surface area contributed by atoms with Crippen molar-refractivity contribution in [2.75, 3.05) is 7.11 Å². The smallest absolute Gasteiger partial charge is 0.407 e. The van der Waals surface area contributed by atoms with Gasteiger partial charge in [0.05, 0.1) is 25.4 Å². The van der Waals surface area contributed by atoms with Gasteiger partial charge in [-0.15, -0.1) is 0 Å². The standard InChI is InChI=1S/C11H19NO4/c1-7-4-9(5-8(2)16-7)10(6-13)12-11(14)15-3/h6-10H,4-5H2,1-3H3,(H,12,14). The first-order valence-corrected chi connectivity index (χ1v) is 5.52. The topological polar surface area (TPSA) is 64.6 Å². The molecule has 3 unspecified atom stereocenters. The molecule has 1 amide bonds. The van der Waals surface area contributed by atoms with Gasteiger partial charge in [0.2, 0.25) is 0 Å². The summed E-state index contributed by atoms with van der Waals surface area (Å²) in [4.78, 5) is 22.0. The lowest BCUT2D eigenvalue weighted by Gasteiger charge is -2.34. The van der Waals surface area contributed by atoms with Crippen LogP contribution >= 0.6 is 0 Å². The largest absolute Gasteiger partial charge is 0.453 e. The molecule has 5 heteroatoms. The van der Waals surface area contributed by atoms with Gasteiger partial charge in [0.1, 0.15) is 6.29 Å². The molecule has 92 valence electrons. The van der Waals surface area contributed by atoms with E-state index in [1.165, 1.54) is 7.11 Å². The van der Waals surface area contributed by atoms with Crippen LogP contribution in [-0.2, 0) is 14.3 Å². The minimum absolute atomic E-state index is 0.121. The first-order valence-electron chi connectivity index (χ1n) is 5.52. The number of carbonyl (C=O) groups excluding carboxylic acids is 2. The molecule has 3 atom stereocenters. The van der Waals surface area contributed by atoms with Crippen molar-refractivity contribution in [2.45, 2.75) is 44.9 Å². The second-order valence-electron chi connectivity index (χ2n) is 4.29. The van der Waals surface area contributed by atoms with Crippen molar-refractivity contribution in [2.24, 2.45) is 5.92 Å². The minimum atomic E-state index is -0.566. The van der Waals surface area contributed by atoms with Crippen molar-refractivity contribution in [3.63, 3.8) is 0 Å². The number of nitrogens with one attached hydrogen (secondary N) is 1. The van der Waals surface area contributed by atoms with Gasteiger partial charge in [-0.3, -0.25) is 0 Å². The van der Waals surface area contributed by atoms with Gasteiger partial charge in [-0.05, 0) is 32.6 Å². The van der Waals surface area contributed by atoms with Gasteiger partial charge in [0, 0.05) is 0 Å². The van der Waals surface area contributed by atoms with E-state index in [9.17, 15) is 9.59 Å². The van der Waals surface area contributed by atoms with E-state index in [1.54, 1.807) is 0 Å². The molecule has 1 aliphatic heterocycles. The Morgan fingerprint density at radius 3 is 2.44 bits per heavy atom. The van der Waals surface area contributed by atoms with Gasteiger partial charge in [0.25, 0.3) is 0 Å². The normalized spacial score (nSPS) is 31.6. The van der Waals surface area contributed by atoms with Crippen molar-refractivity contribution < 1.29 is 19.1 Å². The highest BCUT2D eigenvalue weighted by Crippen LogP contribution is 2.26. The van der Waals surface area contributed by atoms with Crippen molar-refractivity contribution >= 4 is 12.4 Å². The molecule has 0 radical (unpaired) electrons. The van der Waals surface area contributed by atoms with E-state index in [-0.39, 0.29) is 18.1 Å². The third-order valence-corrected chi connectivity index (χ3v) is 2.86. The molecule has 16 heavy (non-hydrogen) atoms. The molecule has 1 N–H and O–H groups in total. The molecule has 5 nitrogen and oxygen atoms in total. The predicted molar refractivity (Wildman–Crippen MR) is 58.1 cm³/mol. The quantitative estimate of drug-likeness (QED) is 0.736. The Morgan fingerprint density at radius 2 is 2.00 bits per heavy atom. The fourth-order valence-corrected chi connectivity index (χ4v) is 2.21. The zero-order valence-electron chi connectivity index (χ0n) is 9.93. The van der Waals surface area contributed by atoms with Gasteiger partial charge in [0.15, 0.2) is 0 Å². The molecular formula is C11H19NO4.